The average Bonchev–Trinajstić information content (AvgIpc) is 3.21. The van der Waals surface area contributed by atoms with Crippen molar-refractivity contribution in [2.75, 3.05) is 19.7 Å². The summed E-state index contributed by atoms with van der Waals surface area (Å²) in [6.07, 6.45) is 4.40. The molecule has 1 aromatic heterocycles. The third kappa shape index (κ3) is 6.02. The van der Waals surface area contributed by atoms with Gasteiger partial charge in [0.15, 0.2) is 12.2 Å². The maximum atomic E-state index is 12.1. The molecular formula is C24H25N3O4. The predicted molar refractivity (Wildman–Crippen MR) is 117 cm³/mol. The van der Waals surface area contributed by atoms with Gasteiger partial charge >= 0.3 is 5.97 Å². The van der Waals surface area contributed by atoms with Gasteiger partial charge in [0.25, 0.3) is 5.91 Å². The van der Waals surface area contributed by atoms with Crippen molar-refractivity contribution < 1.29 is 18.7 Å². The van der Waals surface area contributed by atoms with Crippen LogP contribution in [0.5, 0.6) is 0 Å². The van der Waals surface area contributed by atoms with Crippen molar-refractivity contribution in [3.63, 3.8) is 0 Å². The molecule has 0 atom stereocenters. The number of likely N-dealkylation sites (tertiary alicyclic amines) is 1. The number of amides is 1. The standard InChI is InChI=1S/C24H25N3O4/c28-22(25-19-12-14-27(15-13-19)16-18-6-2-1-3-7-18)17-30-24(29)11-10-23-26-20-8-4-5-9-21(20)31-23/h1-11,19H,12-17H2,(H,25,28)/b11-10+. The summed E-state index contributed by atoms with van der Waals surface area (Å²) in [5.41, 5.74) is 2.65. The molecule has 0 saturated carbocycles. The van der Waals surface area contributed by atoms with E-state index in [0.717, 1.165) is 32.5 Å². The van der Waals surface area contributed by atoms with Crippen LogP contribution in [-0.4, -0.2) is 47.5 Å². The van der Waals surface area contributed by atoms with E-state index in [1.165, 1.54) is 17.7 Å². The van der Waals surface area contributed by atoms with Gasteiger partial charge in [0.2, 0.25) is 5.89 Å². The second-order valence-electron chi connectivity index (χ2n) is 7.56. The second-order valence-corrected chi connectivity index (χ2v) is 7.56. The quantitative estimate of drug-likeness (QED) is 0.468. The molecule has 2 heterocycles. The maximum Gasteiger partial charge on any atom is 0.331 e. The topological polar surface area (TPSA) is 84.7 Å². The summed E-state index contributed by atoms with van der Waals surface area (Å²) in [5, 5.41) is 2.95. The lowest BCUT2D eigenvalue weighted by atomic mass is 10.0. The monoisotopic (exact) mass is 419 g/mol. The maximum absolute atomic E-state index is 12.1. The number of ether oxygens (including phenoxy) is 1. The number of benzene rings is 2. The molecule has 1 amide bonds. The molecule has 4 rings (SSSR count). The first-order valence-corrected chi connectivity index (χ1v) is 10.4. The molecule has 1 aliphatic heterocycles. The number of piperidine rings is 1. The Labute approximate surface area is 180 Å². The van der Waals surface area contributed by atoms with Crippen LogP contribution in [-0.2, 0) is 20.9 Å². The first-order chi connectivity index (χ1) is 15.2. The Hall–Kier alpha value is -3.45. The minimum Gasteiger partial charge on any atom is -0.452 e. The Morgan fingerprint density at radius 3 is 2.61 bits per heavy atom. The molecule has 2 aromatic carbocycles. The lowest BCUT2D eigenvalue weighted by molar-refractivity contribution is -0.144. The normalized spacial score (nSPS) is 15.4. The number of fused-ring (bicyclic) bond motifs is 1. The molecule has 7 heteroatoms. The molecule has 0 aliphatic carbocycles. The number of aromatic nitrogens is 1. The fourth-order valence-electron chi connectivity index (χ4n) is 3.63. The summed E-state index contributed by atoms with van der Waals surface area (Å²) in [5.74, 6) is -0.593. The lowest BCUT2D eigenvalue weighted by Gasteiger charge is -2.32. The zero-order chi connectivity index (χ0) is 21.5. The molecule has 31 heavy (non-hydrogen) atoms. The first-order valence-electron chi connectivity index (χ1n) is 10.4. The third-order valence-corrected chi connectivity index (χ3v) is 5.22. The number of nitrogens with one attached hydrogen (secondary N) is 1. The number of rotatable bonds is 7. The van der Waals surface area contributed by atoms with Gasteiger partial charge in [0.05, 0.1) is 0 Å². The summed E-state index contributed by atoms with van der Waals surface area (Å²) in [7, 11) is 0. The van der Waals surface area contributed by atoms with E-state index < -0.39 is 5.97 Å². The van der Waals surface area contributed by atoms with Gasteiger partial charge < -0.3 is 14.5 Å². The number of carbonyl (C=O) groups excluding carboxylic acids is 2. The highest BCUT2D eigenvalue weighted by atomic mass is 16.5. The molecule has 0 bridgehead atoms. The van der Waals surface area contributed by atoms with E-state index in [9.17, 15) is 9.59 Å². The summed E-state index contributed by atoms with van der Waals surface area (Å²) in [6, 6.07) is 17.8. The zero-order valence-electron chi connectivity index (χ0n) is 17.2. The van der Waals surface area contributed by atoms with Gasteiger partial charge in [-0.15, -0.1) is 0 Å². The molecular weight excluding hydrogens is 394 g/mol. The van der Waals surface area contributed by atoms with E-state index in [2.05, 4.69) is 27.3 Å². The highest BCUT2D eigenvalue weighted by Gasteiger charge is 2.21. The second kappa shape index (κ2) is 10.0. The van der Waals surface area contributed by atoms with Crippen LogP contribution < -0.4 is 5.32 Å². The van der Waals surface area contributed by atoms with Crippen LogP contribution in [0.4, 0.5) is 0 Å². The molecule has 0 radical (unpaired) electrons. The predicted octanol–water partition coefficient (Wildman–Crippen LogP) is 3.17. The molecule has 160 valence electrons. The van der Waals surface area contributed by atoms with E-state index in [0.29, 0.717) is 17.0 Å². The van der Waals surface area contributed by atoms with Gasteiger partial charge in [-0.25, -0.2) is 9.78 Å². The van der Waals surface area contributed by atoms with Crippen molar-refractivity contribution in [1.82, 2.24) is 15.2 Å². The third-order valence-electron chi connectivity index (χ3n) is 5.22. The number of nitrogens with zero attached hydrogens (tertiary/aromatic N) is 2. The Balaban J connectivity index is 1.16. The van der Waals surface area contributed by atoms with Crippen LogP contribution in [0, 0.1) is 0 Å². The molecule has 7 nitrogen and oxygen atoms in total. The van der Waals surface area contributed by atoms with E-state index >= 15 is 0 Å². The molecule has 1 aliphatic rings. The van der Waals surface area contributed by atoms with Crippen LogP contribution in [0.25, 0.3) is 17.2 Å². The largest absolute Gasteiger partial charge is 0.452 e. The molecule has 3 aromatic rings. The van der Waals surface area contributed by atoms with Crippen LogP contribution >= 0.6 is 0 Å². The zero-order valence-corrected chi connectivity index (χ0v) is 17.2. The molecule has 0 unspecified atom stereocenters. The smallest absolute Gasteiger partial charge is 0.331 e. The minimum absolute atomic E-state index is 0.105. The highest BCUT2D eigenvalue weighted by Crippen LogP contribution is 2.16. The van der Waals surface area contributed by atoms with Crippen molar-refractivity contribution in [1.29, 1.82) is 0 Å². The van der Waals surface area contributed by atoms with E-state index in [1.807, 2.05) is 36.4 Å². The van der Waals surface area contributed by atoms with Gasteiger partial charge in [-0.3, -0.25) is 9.69 Å². The van der Waals surface area contributed by atoms with Crippen molar-refractivity contribution >= 4 is 29.1 Å². The van der Waals surface area contributed by atoms with Crippen molar-refractivity contribution in [3.8, 4) is 0 Å². The van der Waals surface area contributed by atoms with Crippen molar-refractivity contribution in [2.45, 2.75) is 25.4 Å². The Bertz CT molecular complexity index is 1020. The molecule has 1 fully saturated rings. The van der Waals surface area contributed by atoms with Crippen LogP contribution in [0.3, 0.4) is 0 Å². The molecule has 1 saturated heterocycles. The van der Waals surface area contributed by atoms with E-state index in [1.54, 1.807) is 6.07 Å². The van der Waals surface area contributed by atoms with Gasteiger partial charge in [-0.05, 0) is 30.5 Å². The van der Waals surface area contributed by atoms with Gasteiger partial charge in [-0.1, -0.05) is 42.5 Å². The number of oxazole rings is 1. The van der Waals surface area contributed by atoms with Crippen molar-refractivity contribution in [3.05, 3.63) is 72.1 Å². The Kier molecular flexibility index (Phi) is 6.74. The fraction of sp³-hybridized carbons (Fsp3) is 0.292. The SMILES string of the molecule is O=C(COC(=O)/C=C/c1nc2ccccc2o1)NC1CCN(Cc2ccccc2)CC1. The molecule has 0 spiro atoms. The highest BCUT2D eigenvalue weighted by molar-refractivity contribution is 5.89. The fourth-order valence-corrected chi connectivity index (χ4v) is 3.63. The van der Waals surface area contributed by atoms with E-state index in [-0.39, 0.29) is 18.6 Å². The lowest BCUT2D eigenvalue weighted by Crippen LogP contribution is -2.45. The van der Waals surface area contributed by atoms with Crippen LogP contribution in [0.15, 0.2) is 65.1 Å². The van der Waals surface area contributed by atoms with E-state index in [4.69, 9.17) is 9.15 Å². The van der Waals surface area contributed by atoms with Crippen LogP contribution in [0.1, 0.15) is 24.3 Å². The number of carbonyl (C=O) groups is 2. The van der Waals surface area contributed by atoms with Gasteiger partial charge in [0.1, 0.15) is 5.52 Å². The summed E-state index contributed by atoms with van der Waals surface area (Å²) in [4.78, 5) is 30.6. The Morgan fingerprint density at radius 2 is 1.84 bits per heavy atom. The van der Waals surface area contributed by atoms with Gasteiger partial charge in [0, 0.05) is 37.8 Å². The summed E-state index contributed by atoms with van der Waals surface area (Å²) in [6.45, 7) is 2.46. The van der Waals surface area contributed by atoms with Gasteiger partial charge in [-0.2, -0.15) is 0 Å². The summed E-state index contributed by atoms with van der Waals surface area (Å²) < 4.78 is 10.5. The summed E-state index contributed by atoms with van der Waals surface area (Å²) >= 11 is 0. The van der Waals surface area contributed by atoms with Crippen LogP contribution in [0.2, 0.25) is 0 Å². The molecule has 1 N–H and O–H groups in total. The minimum atomic E-state index is -0.616. The van der Waals surface area contributed by atoms with Crippen molar-refractivity contribution in [2.24, 2.45) is 0 Å². The number of esters is 1. The average molecular weight is 419 g/mol. The number of hydrogen-bond donors (Lipinski definition) is 1. The Morgan fingerprint density at radius 1 is 1.10 bits per heavy atom. The first kappa shape index (κ1) is 20.8. The number of hydrogen-bond acceptors (Lipinski definition) is 6. The number of para-hydroxylation sites is 2.